The van der Waals surface area contributed by atoms with Crippen molar-refractivity contribution in [2.24, 2.45) is 10.7 Å². The summed E-state index contributed by atoms with van der Waals surface area (Å²) in [6.45, 7) is 5.89. The predicted molar refractivity (Wildman–Crippen MR) is 83.2 cm³/mol. The number of nitrogens with two attached hydrogens (primary N) is 1. The molecule has 1 atom stereocenters. The molecule has 2 heterocycles. The molecule has 2 amide bonds. The highest BCUT2D eigenvalue weighted by Gasteiger charge is 2.36. The van der Waals surface area contributed by atoms with Crippen molar-refractivity contribution in [3.63, 3.8) is 0 Å². The van der Waals surface area contributed by atoms with E-state index in [2.05, 4.69) is 9.98 Å². The zero-order chi connectivity index (χ0) is 15.1. The van der Waals surface area contributed by atoms with E-state index in [0.29, 0.717) is 5.84 Å². The summed E-state index contributed by atoms with van der Waals surface area (Å²) >= 11 is 0. The molecule has 2 N–H and O–H groups in total. The number of benzene rings is 1. The lowest BCUT2D eigenvalue weighted by Crippen LogP contribution is -2.38. The van der Waals surface area contributed by atoms with E-state index >= 15 is 0 Å². The lowest BCUT2D eigenvalue weighted by molar-refractivity contribution is 0.190. The minimum Gasteiger partial charge on any atom is -0.385 e. The van der Waals surface area contributed by atoms with Crippen molar-refractivity contribution in [2.75, 3.05) is 0 Å². The first-order chi connectivity index (χ1) is 9.97. The van der Waals surface area contributed by atoms with Crippen LogP contribution in [0, 0.1) is 6.92 Å². The number of aromatic nitrogens is 1. The fraction of sp³-hybridized carbons (Fsp3) is 0.312. The quantitative estimate of drug-likeness (QED) is 0.920. The van der Waals surface area contributed by atoms with Crippen molar-refractivity contribution in [2.45, 2.75) is 32.9 Å². The molecular formula is C16H18N4O. The molecule has 1 aromatic heterocycles. The van der Waals surface area contributed by atoms with Gasteiger partial charge in [0, 0.05) is 17.1 Å². The van der Waals surface area contributed by atoms with Crippen LogP contribution in [0.3, 0.4) is 0 Å². The van der Waals surface area contributed by atoms with Crippen molar-refractivity contribution in [1.29, 1.82) is 0 Å². The van der Waals surface area contributed by atoms with Gasteiger partial charge in [-0.1, -0.05) is 12.1 Å². The van der Waals surface area contributed by atoms with Crippen molar-refractivity contribution >= 4 is 22.8 Å². The molecule has 5 nitrogen and oxygen atoms in total. The fourth-order valence-electron chi connectivity index (χ4n) is 2.75. The standard InChI is InChI=1S/C16H18N4O/c1-9(2)20-14(15(17)19-16(20)21)12-6-7-13-11(8-12)5-4-10(3)18-13/h4-9,14H,1-3H3,(H2,17,19,21). The van der Waals surface area contributed by atoms with Crippen molar-refractivity contribution < 1.29 is 4.79 Å². The van der Waals surface area contributed by atoms with Gasteiger partial charge >= 0.3 is 6.03 Å². The Labute approximate surface area is 123 Å². The van der Waals surface area contributed by atoms with E-state index in [1.165, 1.54) is 0 Å². The van der Waals surface area contributed by atoms with Gasteiger partial charge in [-0.05, 0) is 44.5 Å². The summed E-state index contributed by atoms with van der Waals surface area (Å²) in [5.74, 6) is 0.355. The molecule has 3 rings (SSSR count). The van der Waals surface area contributed by atoms with E-state index in [4.69, 9.17) is 5.73 Å². The average molecular weight is 282 g/mol. The molecule has 0 fully saturated rings. The third-order valence-electron chi connectivity index (χ3n) is 3.73. The molecule has 1 unspecified atom stereocenters. The second-order valence-corrected chi connectivity index (χ2v) is 5.63. The molecular weight excluding hydrogens is 264 g/mol. The second kappa shape index (κ2) is 4.84. The largest absolute Gasteiger partial charge is 0.385 e. The van der Waals surface area contributed by atoms with E-state index in [0.717, 1.165) is 22.2 Å². The Morgan fingerprint density at radius 1 is 1.24 bits per heavy atom. The van der Waals surface area contributed by atoms with Gasteiger partial charge in [-0.2, -0.15) is 4.99 Å². The number of pyridine rings is 1. The monoisotopic (exact) mass is 282 g/mol. The number of hydrogen-bond donors (Lipinski definition) is 1. The molecule has 5 heteroatoms. The van der Waals surface area contributed by atoms with Gasteiger partial charge < -0.3 is 10.6 Å². The van der Waals surface area contributed by atoms with Crippen LogP contribution in [0.5, 0.6) is 0 Å². The number of carbonyl (C=O) groups excluding carboxylic acids is 1. The normalized spacial score (nSPS) is 18.7. The summed E-state index contributed by atoms with van der Waals surface area (Å²) < 4.78 is 0. The first kappa shape index (κ1) is 13.5. The minimum absolute atomic E-state index is 0.0409. The van der Waals surface area contributed by atoms with E-state index in [1.807, 2.05) is 51.1 Å². The Bertz CT molecular complexity index is 751. The maximum atomic E-state index is 12.0. The van der Waals surface area contributed by atoms with E-state index < -0.39 is 0 Å². The molecule has 0 bridgehead atoms. The lowest BCUT2D eigenvalue weighted by atomic mass is 10.0. The Morgan fingerprint density at radius 2 is 2.00 bits per heavy atom. The highest BCUT2D eigenvalue weighted by atomic mass is 16.2. The summed E-state index contributed by atoms with van der Waals surface area (Å²) in [7, 11) is 0. The number of amidine groups is 1. The van der Waals surface area contributed by atoms with Gasteiger partial charge in [0.25, 0.3) is 0 Å². The van der Waals surface area contributed by atoms with Crippen LogP contribution in [-0.4, -0.2) is 27.8 Å². The van der Waals surface area contributed by atoms with Crippen LogP contribution in [0.15, 0.2) is 35.3 Å². The molecule has 108 valence electrons. The van der Waals surface area contributed by atoms with Crippen molar-refractivity contribution in [3.05, 3.63) is 41.6 Å². The van der Waals surface area contributed by atoms with Gasteiger partial charge in [-0.15, -0.1) is 0 Å². The van der Waals surface area contributed by atoms with Crippen molar-refractivity contribution in [3.8, 4) is 0 Å². The molecule has 0 spiro atoms. The first-order valence-corrected chi connectivity index (χ1v) is 7.01. The van der Waals surface area contributed by atoms with Crippen LogP contribution in [-0.2, 0) is 0 Å². The summed E-state index contributed by atoms with van der Waals surface area (Å²) in [4.78, 5) is 22.1. The molecule has 0 saturated carbocycles. The van der Waals surface area contributed by atoms with E-state index in [-0.39, 0.29) is 18.1 Å². The Hall–Kier alpha value is -2.43. The van der Waals surface area contributed by atoms with Crippen molar-refractivity contribution in [1.82, 2.24) is 9.88 Å². The van der Waals surface area contributed by atoms with Crippen LogP contribution in [0.4, 0.5) is 4.79 Å². The Balaban J connectivity index is 2.08. The summed E-state index contributed by atoms with van der Waals surface area (Å²) in [5.41, 5.74) is 8.86. The smallest absolute Gasteiger partial charge is 0.346 e. The number of carbonyl (C=O) groups is 1. The van der Waals surface area contributed by atoms with Gasteiger partial charge in [0.05, 0.1) is 5.52 Å². The highest BCUT2D eigenvalue weighted by molar-refractivity contribution is 6.03. The molecule has 0 radical (unpaired) electrons. The van der Waals surface area contributed by atoms with Crippen LogP contribution in [0.1, 0.15) is 31.1 Å². The molecule has 2 aromatic rings. The van der Waals surface area contributed by atoms with E-state index in [1.54, 1.807) is 4.90 Å². The van der Waals surface area contributed by atoms with E-state index in [9.17, 15) is 4.79 Å². The molecule has 21 heavy (non-hydrogen) atoms. The lowest BCUT2D eigenvalue weighted by Gasteiger charge is -2.28. The number of urea groups is 1. The molecule has 1 aromatic carbocycles. The first-order valence-electron chi connectivity index (χ1n) is 7.01. The molecule has 1 aliphatic heterocycles. The third kappa shape index (κ3) is 2.24. The second-order valence-electron chi connectivity index (χ2n) is 5.63. The Kier molecular flexibility index (Phi) is 3.12. The predicted octanol–water partition coefficient (Wildman–Crippen LogP) is 2.79. The zero-order valence-electron chi connectivity index (χ0n) is 12.4. The number of nitrogens with zero attached hydrogens (tertiary/aromatic N) is 3. The summed E-state index contributed by atoms with van der Waals surface area (Å²) in [5, 5.41) is 1.04. The van der Waals surface area contributed by atoms with Gasteiger partial charge in [0.1, 0.15) is 11.9 Å². The molecule has 1 aliphatic rings. The number of rotatable bonds is 2. The number of fused-ring (bicyclic) bond motifs is 1. The zero-order valence-corrected chi connectivity index (χ0v) is 12.4. The van der Waals surface area contributed by atoms with Gasteiger partial charge in [-0.25, -0.2) is 4.79 Å². The topological polar surface area (TPSA) is 71.6 Å². The summed E-state index contributed by atoms with van der Waals surface area (Å²) in [6.07, 6.45) is 0. The fourth-order valence-corrected chi connectivity index (χ4v) is 2.75. The number of amides is 2. The molecule has 0 aliphatic carbocycles. The van der Waals surface area contributed by atoms with Gasteiger partial charge in [-0.3, -0.25) is 4.98 Å². The number of aliphatic imine (C=N–C) groups is 1. The summed E-state index contributed by atoms with van der Waals surface area (Å²) in [6, 6.07) is 9.45. The Morgan fingerprint density at radius 3 is 2.71 bits per heavy atom. The molecule has 0 saturated heterocycles. The minimum atomic E-state index is -0.289. The SMILES string of the molecule is Cc1ccc2cc(C3C(N)=NC(=O)N3C(C)C)ccc2n1. The van der Waals surface area contributed by atoms with Crippen LogP contribution in [0.25, 0.3) is 10.9 Å². The van der Waals surface area contributed by atoms with Crippen LogP contribution < -0.4 is 5.73 Å². The van der Waals surface area contributed by atoms with Gasteiger partial charge in [0.15, 0.2) is 0 Å². The third-order valence-corrected chi connectivity index (χ3v) is 3.73. The van der Waals surface area contributed by atoms with Crippen LogP contribution in [0.2, 0.25) is 0 Å². The number of hydrogen-bond acceptors (Lipinski definition) is 3. The van der Waals surface area contributed by atoms with Crippen LogP contribution >= 0.6 is 0 Å². The average Bonchev–Trinajstić information content (AvgIpc) is 2.73. The maximum absolute atomic E-state index is 12.0. The number of aryl methyl sites for hydroxylation is 1. The maximum Gasteiger partial charge on any atom is 0.346 e. The van der Waals surface area contributed by atoms with Gasteiger partial charge in [0.2, 0.25) is 0 Å². The highest BCUT2D eigenvalue weighted by Crippen LogP contribution is 2.30.